The molecule has 0 aliphatic carbocycles. The van der Waals surface area contributed by atoms with Crippen molar-refractivity contribution in [3.05, 3.63) is 48.5 Å². The molecular formula is C13H13N5. The third-order valence-electron chi connectivity index (χ3n) is 2.67. The Morgan fingerprint density at radius 2 is 2.06 bits per heavy atom. The minimum absolute atomic E-state index is 0.576. The maximum absolute atomic E-state index is 4.52. The second-order valence-corrected chi connectivity index (χ2v) is 4.08. The number of para-hydroxylation sites is 1. The van der Waals surface area contributed by atoms with Crippen molar-refractivity contribution in [2.75, 3.05) is 5.32 Å². The number of aromatic nitrogens is 4. The van der Waals surface area contributed by atoms with E-state index in [1.54, 1.807) is 11.0 Å². The number of benzene rings is 1. The largest absolute Gasteiger partial charge is 0.363 e. The van der Waals surface area contributed by atoms with E-state index < -0.39 is 0 Å². The van der Waals surface area contributed by atoms with Crippen molar-refractivity contribution in [2.24, 2.45) is 7.05 Å². The molecule has 0 atom stereocenters. The molecule has 2 aromatic heterocycles. The highest BCUT2D eigenvalue weighted by Crippen LogP contribution is 2.14. The average Bonchev–Trinajstić information content (AvgIpc) is 2.82. The van der Waals surface area contributed by atoms with Crippen LogP contribution in [0.25, 0.3) is 10.9 Å². The predicted octanol–water partition coefficient (Wildman–Crippen LogP) is 1.98. The van der Waals surface area contributed by atoms with Crippen LogP contribution in [0.3, 0.4) is 0 Å². The summed E-state index contributed by atoms with van der Waals surface area (Å²) < 4.78 is 1.69. The molecule has 1 N–H and O–H groups in total. The topological polar surface area (TPSA) is 55.6 Å². The third-order valence-corrected chi connectivity index (χ3v) is 2.67. The molecule has 0 bridgehead atoms. The SMILES string of the molecule is Cn1cnc(CNc2ccc3ccccc3n2)n1. The molecule has 3 rings (SSSR count). The number of hydrogen-bond donors (Lipinski definition) is 1. The molecule has 0 saturated heterocycles. The van der Waals surface area contributed by atoms with Gasteiger partial charge in [0.1, 0.15) is 12.1 Å². The van der Waals surface area contributed by atoms with Gasteiger partial charge in [0, 0.05) is 12.4 Å². The van der Waals surface area contributed by atoms with Crippen LogP contribution >= 0.6 is 0 Å². The van der Waals surface area contributed by atoms with Crippen LogP contribution in [-0.2, 0) is 13.6 Å². The smallest absolute Gasteiger partial charge is 0.169 e. The van der Waals surface area contributed by atoms with Gasteiger partial charge in [-0.25, -0.2) is 9.97 Å². The van der Waals surface area contributed by atoms with Gasteiger partial charge in [0.25, 0.3) is 0 Å². The molecule has 5 nitrogen and oxygen atoms in total. The van der Waals surface area contributed by atoms with Crippen molar-refractivity contribution >= 4 is 16.7 Å². The number of nitrogens with zero attached hydrogens (tertiary/aromatic N) is 4. The highest BCUT2D eigenvalue weighted by molar-refractivity contribution is 5.79. The van der Waals surface area contributed by atoms with Gasteiger partial charge in [0.05, 0.1) is 12.1 Å². The Bertz CT molecular complexity index is 674. The molecule has 5 heteroatoms. The summed E-state index contributed by atoms with van der Waals surface area (Å²) in [7, 11) is 1.85. The van der Waals surface area contributed by atoms with Crippen LogP contribution in [0.4, 0.5) is 5.82 Å². The van der Waals surface area contributed by atoms with Gasteiger partial charge in [0.2, 0.25) is 0 Å². The van der Waals surface area contributed by atoms with Crippen molar-refractivity contribution in [1.82, 2.24) is 19.7 Å². The Kier molecular flexibility index (Phi) is 2.64. The molecule has 0 unspecified atom stereocenters. The van der Waals surface area contributed by atoms with Crippen LogP contribution in [0, 0.1) is 0 Å². The van der Waals surface area contributed by atoms with Crippen molar-refractivity contribution in [2.45, 2.75) is 6.54 Å². The van der Waals surface area contributed by atoms with Gasteiger partial charge in [-0.2, -0.15) is 5.10 Å². The van der Waals surface area contributed by atoms with E-state index in [1.165, 1.54) is 0 Å². The van der Waals surface area contributed by atoms with Gasteiger partial charge in [-0.05, 0) is 18.2 Å². The molecule has 0 amide bonds. The molecule has 18 heavy (non-hydrogen) atoms. The molecule has 0 radical (unpaired) electrons. The van der Waals surface area contributed by atoms with E-state index in [9.17, 15) is 0 Å². The zero-order valence-corrected chi connectivity index (χ0v) is 10.0. The lowest BCUT2D eigenvalue weighted by Gasteiger charge is -2.04. The fourth-order valence-electron chi connectivity index (χ4n) is 1.80. The van der Waals surface area contributed by atoms with Crippen molar-refractivity contribution in [3.63, 3.8) is 0 Å². The second-order valence-electron chi connectivity index (χ2n) is 4.08. The van der Waals surface area contributed by atoms with Crippen LogP contribution in [0.1, 0.15) is 5.82 Å². The average molecular weight is 239 g/mol. The summed E-state index contributed by atoms with van der Waals surface area (Å²) in [6.07, 6.45) is 1.69. The van der Waals surface area contributed by atoms with Gasteiger partial charge >= 0.3 is 0 Å². The standard InChI is InChI=1S/C13H13N5/c1-18-9-15-13(17-18)8-14-12-7-6-10-4-2-3-5-11(10)16-12/h2-7,9H,8H2,1H3,(H,14,16). The fraction of sp³-hybridized carbons (Fsp3) is 0.154. The van der Waals surface area contributed by atoms with Gasteiger partial charge in [-0.1, -0.05) is 18.2 Å². The molecular weight excluding hydrogens is 226 g/mol. The Morgan fingerprint density at radius 1 is 1.17 bits per heavy atom. The summed E-state index contributed by atoms with van der Waals surface area (Å²) >= 11 is 0. The number of nitrogens with one attached hydrogen (secondary N) is 1. The molecule has 1 aromatic carbocycles. The zero-order valence-electron chi connectivity index (χ0n) is 10.0. The lowest BCUT2D eigenvalue weighted by molar-refractivity contribution is 0.747. The van der Waals surface area contributed by atoms with E-state index >= 15 is 0 Å². The van der Waals surface area contributed by atoms with E-state index in [1.807, 2.05) is 37.4 Å². The highest BCUT2D eigenvalue weighted by Gasteiger charge is 2.00. The number of fused-ring (bicyclic) bond motifs is 1. The first-order chi connectivity index (χ1) is 8.81. The van der Waals surface area contributed by atoms with Crippen molar-refractivity contribution in [1.29, 1.82) is 0 Å². The quantitative estimate of drug-likeness (QED) is 0.759. The first-order valence-electron chi connectivity index (χ1n) is 5.75. The van der Waals surface area contributed by atoms with Crippen LogP contribution in [0.5, 0.6) is 0 Å². The fourth-order valence-corrected chi connectivity index (χ4v) is 1.80. The maximum Gasteiger partial charge on any atom is 0.169 e. The summed E-state index contributed by atoms with van der Waals surface area (Å²) in [5.41, 5.74) is 0.983. The monoisotopic (exact) mass is 239 g/mol. The molecule has 2 heterocycles. The molecule has 0 saturated carbocycles. The number of pyridine rings is 1. The van der Waals surface area contributed by atoms with Crippen molar-refractivity contribution < 1.29 is 0 Å². The van der Waals surface area contributed by atoms with Gasteiger partial charge in [0.15, 0.2) is 5.82 Å². The van der Waals surface area contributed by atoms with Crippen LogP contribution < -0.4 is 5.32 Å². The Balaban J connectivity index is 1.78. The molecule has 90 valence electrons. The van der Waals surface area contributed by atoms with Crippen LogP contribution in [0.15, 0.2) is 42.7 Å². The normalized spacial score (nSPS) is 10.7. The number of rotatable bonds is 3. The summed E-state index contributed by atoms with van der Waals surface area (Å²) in [6, 6.07) is 12.1. The lowest BCUT2D eigenvalue weighted by Crippen LogP contribution is -2.03. The van der Waals surface area contributed by atoms with E-state index in [0.717, 1.165) is 22.5 Å². The van der Waals surface area contributed by atoms with Gasteiger partial charge in [-0.3, -0.25) is 4.68 Å². The minimum atomic E-state index is 0.576. The molecule has 0 spiro atoms. The van der Waals surface area contributed by atoms with Crippen molar-refractivity contribution in [3.8, 4) is 0 Å². The first-order valence-corrected chi connectivity index (χ1v) is 5.75. The third kappa shape index (κ3) is 2.15. The van der Waals surface area contributed by atoms with Gasteiger partial charge < -0.3 is 5.32 Å². The number of hydrogen-bond acceptors (Lipinski definition) is 4. The first kappa shape index (κ1) is 10.7. The van der Waals surface area contributed by atoms with E-state index in [2.05, 4.69) is 26.4 Å². The van der Waals surface area contributed by atoms with E-state index in [4.69, 9.17) is 0 Å². The summed E-state index contributed by atoms with van der Waals surface area (Å²) in [5, 5.41) is 8.56. The maximum atomic E-state index is 4.52. The van der Waals surface area contributed by atoms with E-state index in [0.29, 0.717) is 6.54 Å². The van der Waals surface area contributed by atoms with Crippen LogP contribution in [-0.4, -0.2) is 19.7 Å². The molecule has 0 aliphatic heterocycles. The number of aryl methyl sites for hydroxylation is 1. The Hall–Kier alpha value is -2.43. The summed E-state index contributed by atoms with van der Waals surface area (Å²) in [4.78, 5) is 8.68. The Morgan fingerprint density at radius 3 is 2.89 bits per heavy atom. The van der Waals surface area contributed by atoms with Gasteiger partial charge in [-0.15, -0.1) is 0 Å². The summed E-state index contributed by atoms with van der Waals surface area (Å²) in [6.45, 7) is 0.576. The zero-order chi connectivity index (χ0) is 12.4. The highest BCUT2D eigenvalue weighted by atomic mass is 15.3. The summed E-state index contributed by atoms with van der Waals surface area (Å²) in [5.74, 6) is 1.59. The minimum Gasteiger partial charge on any atom is -0.363 e. The van der Waals surface area contributed by atoms with E-state index in [-0.39, 0.29) is 0 Å². The predicted molar refractivity (Wildman–Crippen MR) is 70.1 cm³/mol. The van der Waals surface area contributed by atoms with Crippen LogP contribution in [0.2, 0.25) is 0 Å². The molecule has 0 aliphatic rings. The molecule has 0 fully saturated rings. The molecule has 3 aromatic rings. The number of anilines is 1. The Labute approximate surface area is 104 Å². The lowest BCUT2D eigenvalue weighted by atomic mass is 10.2. The second kappa shape index (κ2) is 4.44.